The van der Waals surface area contributed by atoms with E-state index in [1.807, 2.05) is 24.5 Å². The Balaban J connectivity index is 0.000000211. The van der Waals surface area contributed by atoms with Gasteiger partial charge in [-0.3, -0.25) is 0 Å². The SMILES string of the molecule is CCCCC[C@H]1CC[C@H](c2ccc(C#Cc3ccc(CC)cn3)cc2)CC1.CCCCC[C@H]1CC[C@H](c2ccc(C#Cc3ccc(CCC)cn3)cc2)CC1. The largest absolute Gasteiger partial charge is 0.248 e. The Labute approximate surface area is 335 Å². The molecule has 2 aromatic heterocycles. The van der Waals surface area contributed by atoms with E-state index < -0.39 is 0 Å². The molecule has 0 saturated heterocycles. The lowest BCUT2D eigenvalue weighted by molar-refractivity contribution is 0.303. The van der Waals surface area contributed by atoms with Crippen LogP contribution in [-0.4, -0.2) is 9.97 Å². The molecule has 290 valence electrons. The average molecular weight is 733 g/mol. The van der Waals surface area contributed by atoms with Crippen LogP contribution >= 0.6 is 0 Å². The topological polar surface area (TPSA) is 25.8 Å². The quantitative estimate of drug-likeness (QED) is 0.101. The van der Waals surface area contributed by atoms with E-state index in [1.165, 1.54) is 125 Å². The van der Waals surface area contributed by atoms with Crippen molar-refractivity contribution >= 4 is 0 Å². The first-order valence-corrected chi connectivity index (χ1v) is 22.2. The minimum Gasteiger partial charge on any atom is -0.248 e. The van der Waals surface area contributed by atoms with E-state index in [0.29, 0.717) is 0 Å². The molecule has 0 spiro atoms. The molecule has 2 aliphatic rings. The molecule has 6 rings (SSSR count). The molecule has 0 unspecified atom stereocenters. The van der Waals surface area contributed by atoms with Crippen molar-refractivity contribution in [2.45, 2.75) is 162 Å². The summed E-state index contributed by atoms with van der Waals surface area (Å²) in [6.45, 7) is 8.92. The van der Waals surface area contributed by atoms with Gasteiger partial charge in [0, 0.05) is 23.5 Å². The van der Waals surface area contributed by atoms with Gasteiger partial charge in [0.15, 0.2) is 0 Å². The van der Waals surface area contributed by atoms with Crippen molar-refractivity contribution in [3.8, 4) is 23.7 Å². The lowest BCUT2D eigenvalue weighted by Gasteiger charge is -2.29. The molecular weight excluding hydrogens is 665 g/mol. The normalized spacial score (nSPS) is 19.2. The van der Waals surface area contributed by atoms with E-state index in [0.717, 1.165) is 65.4 Å². The molecule has 2 aliphatic carbocycles. The number of pyridine rings is 2. The second-order valence-corrected chi connectivity index (χ2v) is 16.4. The fourth-order valence-electron chi connectivity index (χ4n) is 8.53. The highest BCUT2D eigenvalue weighted by molar-refractivity contribution is 5.43. The van der Waals surface area contributed by atoms with Crippen LogP contribution in [0.2, 0.25) is 0 Å². The van der Waals surface area contributed by atoms with Crippen LogP contribution < -0.4 is 0 Å². The Bertz CT molecular complexity index is 1760. The molecule has 2 nitrogen and oxygen atoms in total. The lowest BCUT2D eigenvalue weighted by atomic mass is 9.77. The molecule has 2 aromatic carbocycles. The fraction of sp³-hybridized carbons (Fsp3) is 0.509. The first-order chi connectivity index (χ1) is 27.1. The fourth-order valence-corrected chi connectivity index (χ4v) is 8.53. The van der Waals surface area contributed by atoms with Crippen molar-refractivity contribution in [3.05, 3.63) is 130 Å². The summed E-state index contributed by atoms with van der Waals surface area (Å²) in [4.78, 5) is 8.88. The summed E-state index contributed by atoms with van der Waals surface area (Å²) >= 11 is 0. The van der Waals surface area contributed by atoms with Gasteiger partial charge in [-0.25, -0.2) is 9.97 Å². The predicted octanol–water partition coefficient (Wildman–Crippen LogP) is 14.2. The molecule has 0 aliphatic heterocycles. The number of rotatable bonds is 13. The van der Waals surface area contributed by atoms with Gasteiger partial charge >= 0.3 is 0 Å². The second kappa shape index (κ2) is 23.7. The van der Waals surface area contributed by atoms with Crippen LogP contribution in [0.5, 0.6) is 0 Å². The molecule has 2 saturated carbocycles. The molecule has 0 amide bonds. The monoisotopic (exact) mass is 733 g/mol. The molecule has 0 bridgehead atoms. The van der Waals surface area contributed by atoms with E-state index in [2.05, 4.69) is 122 Å². The maximum atomic E-state index is 4.46. The van der Waals surface area contributed by atoms with Crippen LogP contribution in [0.3, 0.4) is 0 Å². The minimum absolute atomic E-state index is 0.747. The van der Waals surface area contributed by atoms with Gasteiger partial charge in [0.05, 0.1) is 0 Å². The number of nitrogens with zero attached hydrogens (tertiary/aromatic N) is 2. The Morgan fingerprint density at radius 1 is 0.455 bits per heavy atom. The summed E-state index contributed by atoms with van der Waals surface area (Å²) in [5.41, 5.74) is 9.40. The highest BCUT2D eigenvalue weighted by atomic mass is 14.7. The number of aryl methyl sites for hydroxylation is 2. The van der Waals surface area contributed by atoms with Crippen molar-refractivity contribution in [1.29, 1.82) is 0 Å². The van der Waals surface area contributed by atoms with E-state index in [-0.39, 0.29) is 0 Å². The summed E-state index contributed by atoms with van der Waals surface area (Å²) in [6.07, 6.45) is 29.4. The molecular formula is C53H68N2. The van der Waals surface area contributed by atoms with Crippen LogP contribution in [0.1, 0.15) is 193 Å². The highest BCUT2D eigenvalue weighted by Gasteiger charge is 2.23. The maximum Gasteiger partial charge on any atom is 0.113 e. The van der Waals surface area contributed by atoms with Gasteiger partial charge in [0.25, 0.3) is 0 Å². The first-order valence-electron chi connectivity index (χ1n) is 22.2. The molecule has 55 heavy (non-hydrogen) atoms. The van der Waals surface area contributed by atoms with Gasteiger partial charge in [0.2, 0.25) is 0 Å². The number of hydrogen-bond acceptors (Lipinski definition) is 2. The second-order valence-electron chi connectivity index (χ2n) is 16.4. The van der Waals surface area contributed by atoms with E-state index in [4.69, 9.17) is 0 Å². The van der Waals surface area contributed by atoms with E-state index in [9.17, 15) is 0 Å². The number of benzene rings is 2. The molecule has 2 heteroatoms. The average Bonchev–Trinajstić information content (AvgIpc) is 3.24. The van der Waals surface area contributed by atoms with Gasteiger partial charge in [-0.15, -0.1) is 0 Å². The molecule has 0 radical (unpaired) electrons. The smallest absolute Gasteiger partial charge is 0.113 e. The van der Waals surface area contributed by atoms with Gasteiger partial charge < -0.3 is 0 Å². The van der Waals surface area contributed by atoms with Gasteiger partial charge in [-0.1, -0.05) is 134 Å². The summed E-state index contributed by atoms with van der Waals surface area (Å²) in [5, 5.41) is 0. The Kier molecular flexibility index (Phi) is 18.1. The summed E-state index contributed by atoms with van der Waals surface area (Å²) in [6, 6.07) is 26.2. The lowest BCUT2D eigenvalue weighted by Crippen LogP contribution is -2.13. The summed E-state index contributed by atoms with van der Waals surface area (Å²) in [7, 11) is 0. The van der Waals surface area contributed by atoms with Crippen LogP contribution in [0.15, 0.2) is 85.2 Å². The van der Waals surface area contributed by atoms with Crippen LogP contribution in [0.4, 0.5) is 0 Å². The first kappa shape index (κ1) is 42.0. The van der Waals surface area contributed by atoms with Crippen molar-refractivity contribution in [1.82, 2.24) is 9.97 Å². The van der Waals surface area contributed by atoms with E-state index in [1.54, 1.807) is 0 Å². The zero-order valence-electron chi connectivity index (χ0n) is 34.7. The van der Waals surface area contributed by atoms with Gasteiger partial charge in [0.1, 0.15) is 11.4 Å². The molecule has 0 N–H and O–H groups in total. The summed E-state index contributed by atoms with van der Waals surface area (Å²) < 4.78 is 0. The number of aromatic nitrogens is 2. The van der Waals surface area contributed by atoms with Crippen LogP contribution in [-0.2, 0) is 12.8 Å². The molecule has 0 atom stereocenters. The summed E-state index contributed by atoms with van der Waals surface area (Å²) in [5.74, 6) is 16.3. The van der Waals surface area contributed by atoms with E-state index >= 15 is 0 Å². The van der Waals surface area contributed by atoms with Crippen molar-refractivity contribution in [2.75, 3.05) is 0 Å². The number of hydrogen-bond donors (Lipinski definition) is 0. The Morgan fingerprint density at radius 3 is 1.25 bits per heavy atom. The van der Waals surface area contributed by atoms with Gasteiger partial charge in [-0.2, -0.15) is 0 Å². The Morgan fingerprint density at radius 2 is 0.891 bits per heavy atom. The minimum atomic E-state index is 0.747. The van der Waals surface area contributed by atoms with Crippen molar-refractivity contribution in [2.24, 2.45) is 11.8 Å². The highest BCUT2D eigenvalue weighted by Crippen LogP contribution is 2.39. The Hall–Kier alpha value is -4.14. The predicted molar refractivity (Wildman–Crippen MR) is 234 cm³/mol. The zero-order valence-corrected chi connectivity index (χ0v) is 34.7. The third-order valence-electron chi connectivity index (χ3n) is 12.2. The van der Waals surface area contributed by atoms with Crippen molar-refractivity contribution < 1.29 is 0 Å². The standard InChI is InChI=1S/C27H35N.C26H33N/c1-3-5-6-8-22-9-15-25(16-10-22)26-17-11-23(12-18-26)13-19-27-20-14-24(7-4-2)21-28-27;1-3-5-6-7-22-8-14-24(15-9-22)25-16-10-23(11-17-25)13-19-26-18-12-21(4-2)20-27-26/h11-12,14,17-18,20-22,25H,3-10,15-16H2,1-2H3;10-12,16-18,20,22,24H,3-9,14-15H2,1-2H3/t22-,25-;22-,24-. The third-order valence-corrected chi connectivity index (χ3v) is 12.2. The molecule has 2 fully saturated rings. The molecule has 4 aromatic rings. The third kappa shape index (κ3) is 14.5. The zero-order chi connectivity index (χ0) is 38.5. The van der Waals surface area contributed by atoms with Crippen LogP contribution in [0.25, 0.3) is 0 Å². The maximum absolute atomic E-state index is 4.46. The van der Waals surface area contributed by atoms with Crippen molar-refractivity contribution in [3.63, 3.8) is 0 Å². The van der Waals surface area contributed by atoms with Gasteiger partial charge in [-0.05, 0) is 158 Å². The molecule has 2 heterocycles. The van der Waals surface area contributed by atoms with Crippen LogP contribution in [0, 0.1) is 35.5 Å². The number of unbranched alkanes of at least 4 members (excludes halogenated alkanes) is 4.